The number of ketones is 1. The molecule has 0 unspecified atom stereocenters. The second kappa shape index (κ2) is 6.56. The minimum Gasteiger partial charge on any atom is -0.496 e. The topological polar surface area (TPSA) is 87.9 Å². The summed E-state index contributed by atoms with van der Waals surface area (Å²) in [4.78, 5) is 22.9. The molecule has 0 bridgehead atoms. The van der Waals surface area contributed by atoms with Gasteiger partial charge in [-0.1, -0.05) is 0 Å². The van der Waals surface area contributed by atoms with Crippen molar-refractivity contribution in [2.45, 2.75) is 0 Å². The van der Waals surface area contributed by atoms with Gasteiger partial charge in [0.2, 0.25) is 5.78 Å². The number of nitrogens with zero attached hydrogens (tertiary/aromatic N) is 1. The van der Waals surface area contributed by atoms with Crippen molar-refractivity contribution in [2.75, 3.05) is 14.2 Å². The van der Waals surface area contributed by atoms with Crippen LogP contribution in [0.2, 0.25) is 0 Å². The Kier molecular flexibility index (Phi) is 4.45. The minimum absolute atomic E-state index is 0.0294. The summed E-state index contributed by atoms with van der Waals surface area (Å²) in [6.45, 7) is 0. The summed E-state index contributed by atoms with van der Waals surface area (Å²) in [5.74, 6) is 0.881. The average Bonchev–Trinajstić information content (AvgIpc) is 2.93. The van der Waals surface area contributed by atoms with Crippen LogP contribution in [0.3, 0.4) is 0 Å². The molecule has 1 aliphatic heterocycles. The van der Waals surface area contributed by atoms with Crippen LogP contribution in [0.4, 0.5) is 5.69 Å². The van der Waals surface area contributed by atoms with Crippen molar-refractivity contribution in [3.05, 3.63) is 61.8 Å². The van der Waals surface area contributed by atoms with E-state index in [1.807, 2.05) is 0 Å². The van der Waals surface area contributed by atoms with E-state index < -0.39 is 4.92 Å². The zero-order valence-electron chi connectivity index (χ0n) is 13.2. The number of carbonyl (C=O) groups is 1. The van der Waals surface area contributed by atoms with Crippen LogP contribution in [0.1, 0.15) is 15.9 Å². The Labute approximate surface area is 151 Å². The molecule has 8 heteroatoms. The van der Waals surface area contributed by atoms with Crippen LogP contribution in [-0.2, 0) is 0 Å². The Balaban J connectivity index is 2.02. The summed E-state index contributed by atoms with van der Waals surface area (Å²) < 4.78 is 16.7. The van der Waals surface area contributed by atoms with Crippen molar-refractivity contribution in [2.24, 2.45) is 0 Å². The van der Waals surface area contributed by atoms with Gasteiger partial charge in [-0.05, 0) is 39.7 Å². The lowest BCUT2D eigenvalue weighted by molar-refractivity contribution is -0.384. The first-order valence-electron chi connectivity index (χ1n) is 7.09. The van der Waals surface area contributed by atoms with E-state index in [1.54, 1.807) is 6.07 Å². The van der Waals surface area contributed by atoms with Crippen LogP contribution in [0, 0.1) is 10.1 Å². The van der Waals surface area contributed by atoms with E-state index in [2.05, 4.69) is 15.9 Å². The number of rotatable bonds is 4. The van der Waals surface area contributed by atoms with E-state index in [0.29, 0.717) is 32.8 Å². The molecule has 2 aromatic rings. The smallest absolute Gasteiger partial charge is 0.269 e. The van der Waals surface area contributed by atoms with Crippen molar-refractivity contribution in [3.8, 4) is 17.2 Å². The number of hydrogen-bond donors (Lipinski definition) is 0. The maximum absolute atomic E-state index is 12.7. The lowest BCUT2D eigenvalue weighted by Crippen LogP contribution is -2.00. The normalized spacial score (nSPS) is 14.2. The van der Waals surface area contributed by atoms with E-state index in [1.165, 1.54) is 44.6 Å². The van der Waals surface area contributed by atoms with Crippen LogP contribution in [0.25, 0.3) is 6.08 Å². The van der Waals surface area contributed by atoms with Gasteiger partial charge in [-0.25, -0.2) is 0 Å². The number of Topliss-reactive ketones (excluding diaryl/α,β-unsaturated/α-hetero) is 1. The molecule has 7 nitrogen and oxygen atoms in total. The summed E-state index contributed by atoms with van der Waals surface area (Å²) in [6, 6.07) is 7.39. The number of fused-ring (bicyclic) bond motifs is 1. The number of halogens is 1. The molecule has 25 heavy (non-hydrogen) atoms. The molecule has 0 saturated carbocycles. The fourth-order valence-corrected chi connectivity index (χ4v) is 2.98. The first kappa shape index (κ1) is 17.0. The lowest BCUT2D eigenvalue weighted by atomic mass is 10.1. The van der Waals surface area contributed by atoms with Gasteiger partial charge in [-0.2, -0.15) is 0 Å². The maximum atomic E-state index is 12.7. The fourth-order valence-electron chi connectivity index (χ4n) is 2.43. The van der Waals surface area contributed by atoms with Gasteiger partial charge in [0.1, 0.15) is 21.5 Å². The average molecular weight is 406 g/mol. The predicted molar refractivity (Wildman–Crippen MR) is 93.3 cm³/mol. The molecule has 0 radical (unpaired) electrons. The molecule has 1 aliphatic rings. The standard InChI is InChI=1S/C17H12BrNO6/c1-23-11-8-12(24-2)15(18)17-14(11)16(20)13(25-17)7-9-3-5-10(6-4-9)19(21)22/h3-8H,1-2H3. The monoisotopic (exact) mass is 405 g/mol. The summed E-state index contributed by atoms with van der Waals surface area (Å²) in [6.07, 6.45) is 1.52. The molecule has 0 atom stereocenters. The van der Waals surface area contributed by atoms with E-state index in [-0.39, 0.29) is 17.2 Å². The maximum Gasteiger partial charge on any atom is 0.269 e. The number of non-ortho nitro benzene ring substituents is 1. The number of allylic oxidation sites excluding steroid dienone is 1. The molecule has 2 aromatic carbocycles. The van der Waals surface area contributed by atoms with Gasteiger partial charge in [0, 0.05) is 18.2 Å². The quantitative estimate of drug-likeness (QED) is 0.434. The number of nitro benzene ring substituents is 1. The van der Waals surface area contributed by atoms with Gasteiger partial charge in [0.05, 0.1) is 19.1 Å². The molecule has 1 heterocycles. The first-order valence-corrected chi connectivity index (χ1v) is 7.88. The molecule has 0 N–H and O–H groups in total. The summed E-state index contributed by atoms with van der Waals surface area (Å²) in [7, 11) is 2.95. The second-order valence-electron chi connectivity index (χ2n) is 5.09. The largest absolute Gasteiger partial charge is 0.496 e. The Morgan fingerprint density at radius 2 is 1.80 bits per heavy atom. The summed E-state index contributed by atoms with van der Waals surface area (Å²) in [5.41, 5.74) is 0.866. The van der Waals surface area contributed by atoms with Gasteiger partial charge >= 0.3 is 0 Å². The molecule has 0 spiro atoms. The van der Waals surface area contributed by atoms with Crippen molar-refractivity contribution in [3.63, 3.8) is 0 Å². The molecular weight excluding hydrogens is 394 g/mol. The Hall–Kier alpha value is -2.87. The third kappa shape index (κ3) is 2.96. The van der Waals surface area contributed by atoms with Crippen LogP contribution in [0.15, 0.2) is 40.6 Å². The number of methoxy groups -OCH3 is 2. The number of carbonyl (C=O) groups excluding carboxylic acids is 1. The van der Waals surface area contributed by atoms with Gasteiger partial charge < -0.3 is 14.2 Å². The van der Waals surface area contributed by atoms with Crippen molar-refractivity contribution >= 4 is 33.5 Å². The van der Waals surface area contributed by atoms with Crippen molar-refractivity contribution in [1.82, 2.24) is 0 Å². The Morgan fingerprint density at radius 1 is 1.16 bits per heavy atom. The van der Waals surface area contributed by atoms with Crippen LogP contribution in [0.5, 0.6) is 17.2 Å². The molecule has 0 fully saturated rings. The molecule has 128 valence electrons. The van der Waals surface area contributed by atoms with E-state index in [0.717, 1.165) is 0 Å². The van der Waals surface area contributed by atoms with Crippen LogP contribution < -0.4 is 14.2 Å². The fraction of sp³-hybridized carbons (Fsp3) is 0.118. The molecule has 0 aliphatic carbocycles. The molecule has 0 aromatic heterocycles. The molecule has 0 saturated heterocycles. The summed E-state index contributed by atoms with van der Waals surface area (Å²) in [5, 5.41) is 10.7. The first-order chi connectivity index (χ1) is 12.0. The van der Waals surface area contributed by atoms with Gasteiger partial charge in [0.15, 0.2) is 11.5 Å². The molecule has 0 amide bonds. The third-order valence-corrected chi connectivity index (χ3v) is 4.41. The minimum atomic E-state index is -0.488. The van der Waals surface area contributed by atoms with Crippen molar-refractivity contribution in [1.29, 1.82) is 0 Å². The second-order valence-corrected chi connectivity index (χ2v) is 5.88. The Bertz CT molecular complexity index is 904. The van der Waals surface area contributed by atoms with E-state index in [4.69, 9.17) is 14.2 Å². The highest BCUT2D eigenvalue weighted by Gasteiger charge is 2.34. The van der Waals surface area contributed by atoms with Crippen molar-refractivity contribution < 1.29 is 23.9 Å². The zero-order valence-corrected chi connectivity index (χ0v) is 14.8. The lowest BCUT2D eigenvalue weighted by Gasteiger charge is -2.10. The van der Waals surface area contributed by atoms with E-state index >= 15 is 0 Å². The van der Waals surface area contributed by atoms with Gasteiger partial charge in [0.25, 0.3) is 5.69 Å². The SMILES string of the molecule is COc1cc(OC)c2c(c1Br)OC(=Cc1ccc([N+](=O)[O-])cc1)C2=O. The van der Waals surface area contributed by atoms with Gasteiger partial charge in [-0.15, -0.1) is 0 Å². The number of benzene rings is 2. The highest BCUT2D eigenvalue weighted by atomic mass is 79.9. The predicted octanol–water partition coefficient (Wildman–Crippen LogP) is 3.99. The number of ether oxygens (including phenoxy) is 3. The number of nitro groups is 1. The highest BCUT2D eigenvalue weighted by molar-refractivity contribution is 9.10. The van der Waals surface area contributed by atoms with Gasteiger partial charge in [-0.3, -0.25) is 14.9 Å². The third-order valence-electron chi connectivity index (χ3n) is 3.66. The summed E-state index contributed by atoms with van der Waals surface area (Å²) >= 11 is 3.36. The molecule has 3 rings (SSSR count). The van der Waals surface area contributed by atoms with Crippen LogP contribution in [-0.4, -0.2) is 24.9 Å². The van der Waals surface area contributed by atoms with Crippen LogP contribution >= 0.6 is 15.9 Å². The number of hydrogen-bond acceptors (Lipinski definition) is 6. The van der Waals surface area contributed by atoms with E-state index in [9.17, 15) is 14.9 Å². The molecular formula is C17H12BrNO6. The Morgan fingerprint density at radius 3 is 2.36 bits per heavy atom. The highest BCUT2D eigenvalue weighted by Crippen LogP contribution is 2.48. The zero-order chi connectivity index (χ0) is 18.1.